The maximum atomic E-state index is 13.0. The Bertz CT molecular complexity index is 1020. The maximum Gasteiger partial charge on any atom is 0.294 e. The summed E-state index contributed by atoms with van der Waals surface area (Å²) in [6, 6.07) is 7.45. The SMILES string of the molecule is Cc1cc(=O)c(C(=O)N2CCC3(CCNC3)CC2)nn1-c1ccccc1[N+](=O)[O-].Cl. The second kappa shape index (κ2) is 8.53. The number of piperidine rings is 1. The van der Waals surface area contributed by atoms with Crippen molar-refractivity contribution in [1.29, 1.82) is 0 Å². The Morgan fingerprint density at radius 3 is 2.57 bits per heavy atom. The molecule has 0 saturated carbocycles. The molecule has 2 saturated heterocycles. The number of nitro groups is 1. The molecule has 2 aliphatic rings. The number of likely N-dealkylation sites (tertiary alicyclic amines) is 1. The van der Waals surface area contributed by atoms with E-state index in [2.05, 4.69) is 10.4 Å². The molecule has 2 aliphatic heterocycles. The van der Waals surface area contributed by atoms with Crippen molar-refractivity contribution in [2.75, 3.05) is 26.2 Å². The molecule has 1 N–H and O–H groups in total. The van der Waals surface area contributed by atoms with Gasteiger partial charge < -0.3 is 10.2 Å². The second-order valence-electron chi connectivity index (χ2n) is 7.88. The van der Waals surface area contributed by atoms with E-state index in [0.29, 0.717) is 18.8 Å². The fourth-order valence-electron chi connectivity index (χ4n) is 4.29. The highest BCUT2D eigenvalue weighted by Gasteiger charge is 2.38. The molecule has 2 fully saturated rings. The highest BCUT2D eigenvalue weighted by Crippen LogP contribution is 2.37. The van der Waals surface area contributed by atoms with Gasteiger partial charge in [0.2, 0.25) is 5.43 Å². The Hall–Kier alpha value is -2.78. The first-order valence-corrected chi connectivity index (χ1v) is 9.75. The quantitative estimate of drug-likeness (QED) is 0.586. The molecule has 1 spiro atoms. The normalized spacial score (nSPS) is 17.6. The van der Waals surface area contributed by atoms with Crippen molar-refractivity contribution in [2.24, 2.45) is 5.41 Å². The number of para-hydroxylation sites is 2. The van der Waals surface area contributed by atoms with Gasteiger partial charge in [0, 0.05) is 37.5 Å². The van der Waals surface area contributed by atoms with E-state index in [1.165, 1.54) is 16.8 Å². The Kier molecular flexibility index (Phi) is 6.23. The molecule has 3 heterocycles. The predicted molar refractivity (Wildman–Crippen MR) is 114 cm³/mol. The summed E-state index contributed by atoms with van der Waals surface area (Å²) in [7, 11) is 0. The number of aromatic nitrogens is 2. The van der Waals surface area contributed by atoms with Gasteiger partial charge in [-0.05, 0) is 44.2 Å². The fraction of sp³-hybridized carbons (Fsp3) is 0.450. The monoisotopic (exact) mass is 433 g/mol. The van der Waals surface area contributed by atoms with E-state index >= 15 is 0 Å². The minimum atomic E-state index is -0.504. The van der Waals surface area contributed by atoms with Crippen LogP contribution in [0, 0.1) is 22.5 Å². The zero-order chi connectivity index (χ0) is 20.6. The Morgan fingerprint density at radius 1 is 1.23 bits per heavy atom. The van der Waals surface area contributed by atoms with Gasteiger partial charge in [-0.2, -0.15) is 5.10 Å². The highest BCUT2D eigenvalue weighted by atomic mass is 35.5. The van der Waals surface area contributed by atoms with E-state index in [9.17, 15) is 19.7 Å². The molecule has 1 aromatic carbocycles. The molecule has 0 aliphatic carbocycles. The van der Waals surface area contributed by atoms with Crippen molar-refractivity contribution >= 4 is 24.0 Å². The van der Waals surface area contributed by atoms with Crippen LogP contribution in [0.3, 0.4) is 0 Å². The lowest BCUT2D eigenvalue weighted by atomic mass is 9.78. The number of carbonyl (C=O) groups is 1. The van der Waals surface area contributed by atoms with Gasteiger partial charge >= 0.3 is 0 Å². The Morgan fingerprint density at radius 2 is 1.93 bits per heavy atom. The Balaban J connectivity index is 0.00000256. The number of carbonyl (C=O) groups excluding carboxylic acids is 1. The van der Waals surface area contributed by atoms with E-state index in [1.807, 2.05) is 0 Å². The Labute approximate surface area is 179 Å². The average molecular weight is 434 g/mol. The van der Waals surface area contributed by atoms with E-state index in [4.69, 9.17) is 0 Å². The van der Waals surface area contributed by atoms with Crippen LogP contribution in [0.25, 0.3) is 5.69 Å². The van der Waals surface area contributed by atoms with Crippen LogP contribution >= 0.6 is 12.4 Å². The molecule has 0 radical (unpaired) electrons. The van der Waals surface area contributed by atoms with Crippen molar-refractivity contribution in [2.45, 2.75) is 26.2 Å². The number of amides is 1. The van der Waals surface area contributed by atoms with E-state index in [1.54, 1.807) is 30.0 Å². The van der Waals surface area contributed by atoms with Gasteiger partial charge in [-0.1, -0.05) is 12.1 Å². The number of hydrogen-bond acceptors (Lipinski definition) is 6. The number of rotatable bonds is 3. The third-order valence-electron chi connectivity index (χ3n) is 6.06. The minimum absolute atomic E-state index is 0. The van der Waals surface area contributed by atoms with Gasteiger partial charge in [0.15, 0.2) is 5.69 Å². The summed E-state index contributed by atoms with van der Waals surface area (Å²) in [4.78, 5) is 38.1. The van der Waals surface area contributed by atoms with Crippen LogP contribution in [0.2, 0.25) is 0 Å². The molecule has 30 heavy (non-hydrogen) atoms. The predicted octanol–water partition coefficient (Wildman–Crippen LogP) is 2.09. The molecule has 160 valence electrons. The maximum absolute atomic E-state index is 13.0. The van der Waals surface area contributed by atoms with Gasteiger partial charge in [0.05, 0.1) is 4.92 Å². The third kappa shape index (κ3) is 3.95. The number of nitro benzene ring substituents is 1. The first-order valence-electron chi connectivity index (χ1n) is 9.75. The average Bonchev–Trinajstić information content (AvgIpc) is 3.16. The van der Waals surface area contributed by atoms with Crippen LogP contribution < -0.4 is 10.7 Å². The first-order chi connectivity index (χ1) is 13.9. The van der Waals surface area contributed by atoms with Gasteiger partial charge in [-0.15, -0.1) is 12.4 Å². The van der Waals surface area contributed by atoms with Crippen molar-refractivity contribution in [3.05, 3.63) is 62.1 Å². The molecule has 4 rings (SSSR count). The molecular formula is C20H24ClN5O4. The number of halogens is 1. The van der Waals surface area contributed by atoms with Crippen LogP contribution in [-0.4, -0.2) is 51.7 Å². The fourth-order valence-corrected chi connectivity index (χ4v) is 4.29. The largest absolute Gasteiger partial charge is 0.337 e. The zero-order valence-corrected chi connectivity index (χ0v) is 17.5. The molecule has 0 atom stereocenters. The summed E-state index contributed by atoms with van der Waals surface area (Å²) in [5, 5.41) is 19.0. The number of benzene rings is 1. The number of nitrogens with one attached hydrogen (secondary N) is 1. The summed E-state index contributed by atoms with van der Waals surface area (Å²) in [6.07, 6.45) is 2.91. The van der Waals surface area contributed by atoms with E-state index < -0.39 is 16.3 Å². The molecular weight excluding hydrogens is 410 g/mol. The molecule has 9 nitrogen and oxygen atoms in total. The highest BCUT2D eigenvalue weighted by molar-refractivity contribution is 5.92. The van der Waals surface area contributed by atoms with Crippen LogP contribution in [0.15, 0.2) is 35.1 Å². The van der Waals surface area contributed by atoms with Crippen molar-refractivity contribution in [1.82, 2.24) is 20.0 Å². The number of nitrogens with zero attached hydrogens (tertiary/aromatic N) is 4. The van der Waals surface area contributed by atoms with Crippen LogP contribution in [0.5, 0.6) is 0 Å². The first kappa shape index (κ1) is 21.9. The molecule has 0 unspecified atom stereocenters. The second-order valence-corrected chi connectivity index (χ2v) is 7.88. The van der Waals surface area contributed by atoms with E-state index in [-0.39, 0.29) is 34.9 Å². The number of hydrogen-bond donors (Lipinski definition) is 1. The van der Waals surface area contributed by atoms with Gasteiger partial charge in [0.1, 0.15) is 5.69 Å². The lowest BCUT2D eigenvalue weighted by molar-refractivity contribution is -0.384. The summed E-state index contributed by atoms with van der Waals surface area (Å²) >= 11 is 0. The molecule has 1 aromatic heterocycles. The van der Waals surface area contributed by atoms with Crippen molar-refractivity contribution in [3.63, 3.8) is 0 Å². The summed E-state index contributed by atoms with van der Waals surface area (Å²) < 4.78 is 1.30. The van der Waals surface area contributed by atoms with Gasteiger partial charge in [-0.3, -0.25) is 19.7 Å². The van der Waals surface area contributed by atoms with Gasteiger partial charge in [-0.25, -0.2) is 4.68 Å². The third-order valence-corrected chi connectivity index (χ3v) is 6.06. The summed E-state index contributed by atoms with van der Waals surface area (Å²) in [5.74, 6) is -0.414. The van der Waals surface area contributed by atoms with Crippen LogP contribution in [0.1, 0.15) is 35.4 Å². The number of aryl methyl sites for hydroxylation is 1. The molecule has 1 amide bonds. The standard InChI is InChI=1S/C20H23N5O4.ClH/c1-14-12-17(26)18(22-24(14)15-4-2-3-5-16(15)25(28)29)19(27)23-10-7-20(8-11-23)6-9-21-13-20;/h2-5,12,21H,6-11,13H2,1H3;1H. The summed E-state index contributed by atoms with van der Waals surface area (Å²) in [5.41, 5.74) is 0.0925. The summed E-state index contributed by atoms with van der Waals surface area (Å²) in [6.45, 7) is 4.79. The van der Waals surface area contributed by atoms with Crippen molar-refractivity contribution < 1.29 is 9.72 Å². The minimum Gasteiger partial charge on any atom is -0.337 e. The smallest absolute Gasteiger partial charge is 0.294 e. The zero-order valence-electron chi connectivity index (χ0n) is 16.7. The topological polar surface area (TPSA) is 110 Å². The molecule has 10 heteroatoms. The lowest BCUT2D eigenvalue weighted by Crippen LogP contribution is -2.45. The molecule has 2 aromatic rings. The van der Waals surface area contributed by atoms with Crippen LogP contribution in [0.4, 0.5) is 5.69 Å². The lowest BCUT2D eigenvalue weighted by Gasteiger charge is -2.38. The molecule has 0 bridgehead atoms. The van der Waals surface area contributed by atoms with Crippen LogP contribution in [-0.2, 0) is 0 Å². The van der Waals surface area contributed by atoms with Gasteiger partial charge in [0.25, 0.3) is 11.6 Å². The van der Waals surface area contributed by atoms with E-state index in [0.717, 1.165) is 32.4 Å². The van der Waals surface area contributed by atoms with Crippen molar-refractivity contribution in [3.8, 4) is 5.69 Å².